The standard InChI is InChI=1S/C18H16N2O3/c1-4-13-8-7-9-14(12-13)20(2)17(21)15-10-5-6-11-16(15)19-18(22)23-3/h1,5-12H,2-3H3,(H,19,22). The third kappa shape index (κ3) is 3.69. The van der Waals surface area contributed by atoms with Crippen molar-refractivity contribution in [2.24, 2.45) is 0 Å². The predicted octanol–water partition coefficient (Wildman–Crippen LogP) is 3.12. The Morgan fingerprint density at radius 1 is 1.17 bits per heavy atom. The Kier molecular flexibility index (Phi) is 5.00. The average molecular weight is 308 g/mol. The van der Waals surface area contributed by atoms with Gasteiger partial charge in [-0.05, 0) is 30.3 Å². The molecule has 0 aliphatic carbocycles. The second-order valence-electron chi connectivity index (χ2n) is 4.72. The van der Waals surface area contributed by atoms with Gasteiger partial charge < -0.3 is 9.64 Å². The first kappa shape index (κ1) is 16.1. The molecule has 5 nitrogen and oxygen atoms in total. The van der Waals surface area contributed by atoms with Gasteiger partial charge in [0.15, 0.2) is 0 Å². The molecular formula is C18H16N2O3. The van der Waals surface area contributed by atoms with Crippen molar-refractivity contribution < 1.29 is 14.3 Å². The van der Waals surface area contributed by atoms with Crippen molar-refractivity contribution in [1.29, 1.82) is 0 Å². The summed E-state index contributed by atoms with van der Waals surface area (Å²) in [5.41, 5.74) is 2.08. The fourth-order valence-corrected chi connectivity index (χ4v) is 2.04. The number of hydrogen-bond donors (Lipinski definition) is 1. The molecule has 0 aliphatic heterocycles. The van der Waals surface area contributed by atoms with E-state index in [0.717, 1.165) is 0 Å². The lowest BCUT2D eigenvalue weighted by Crippen LogP contribution is -2.27. The van der Waals surface area contributed by atoms with Crippen molar-refractivity contribution in [3.05, 3.63) is 59.7 Å². The van der Waals surface area contributed by atoms with Gasteiger partial charge in [-0.15, -0.1) is 6.42 Å². The quantitative estimate of drug-likeness (QED) is 0.886. The van der Waals surface area contributed by atoms with Crippen LogP contribution in [0.4, 0.5) is 16.2 Å². The van der Waals surface area contributed by atoms with Crippen molar-refractivity contribution in [1.82, 2.24) is 0 Å². The fraction of sp³-hybridized carbons (Fsp3) is 0.111. The summed E-state index contributed by atoms with van der Waals surface area (Å²) in [6.07, 6.45) is 4.75. The topological polar surface area (TPSA) is 58.6 Å². The largest absolute Gasteiger partial charge is 0.453 e. The zero-order valence-corrected chi connectivity index (χ0v) is 12.9. The maximum absolute atomic E-state index is 12.7. The number of carbonyl (C=O) groups excluding carboxylic acids is 2. The van der Waals surface area contributed by atoms with Crippen LogP contribution >= 0.6 is 0 Å². The molecule has 0 saturated carbocycles. The van der Waals surface area contributed by atoms with E-state index in [1.807, 2.05) is 0 Å². The minimum absolute atomic E-state index is 0.272. The normalized spacial score (nSPS) is 9.61. The molecule has 0 aromatic heterocycles. The number of nitrogens with one attached hydrogen (secondary N) is 1. The molecule has 5 heteroatoms. The highest BCUT2D eigenvalue weighted by atomic mass is 16.5. The van der Waals surface area contributed by atoms with E-state index in [1.54, 1.807) is 55.6 Å². The molecule has 2 aromatic carbocycles. The van der Waals surface area contributed by atoms with Crippen LogP contribution in [0.25, 0.3) is 0 Å². The van der Waals surface area contributed by atoms with Crippen LogP contribution in [-0.4, -0.2) is 26.2 Å². The van der Waals surface area contributed by atoms with Crippen molar-refractivity contribution in [2.75, 3.05) is 24.4 Å². The molecule has 0 radical (unpaired) electrons. The van der Waals surface area contributed by atoms with Gasteiger partial charge in [0.2, 0.25) is 0 Å². The summed E-state index contributed by atoms with van der Waals surface area (Å²) in [6.45, 7) is 0. The van der Waals surface area contributed by atoms with Crippen molar-refractivity contribution >= 4 is 23.4 Å². The zero-order valence-electron chi connectivity index (χ0n) is 12.9. The van der Waals surface area contributed by atoms with E-state index >= 15 is 0 Å². The first-order chi connectivity index (χ1) is 11.1. The van der Waals surface area contributed by atoms with E-state index in [4.69, 9.17) is 6.42 Å². The summed E-state index contributed by atoms with van der Waals surface area (Å²) in [7, 11) is 2.91. The maximum Gasteiger partial charge on any atom is 0.411 e. The smallest absolute Gasteiger partial charge is 0.411 e. The molecule has 2 aromatic rings. The van der Waals surface area contributed by atoms with Crippen LogP contribution in [0.15, 0.2) is 48.5 Å². The number of benzene rings is 2. The number of anilines is 2. The van der Waals surface area contributed by atoms with Gasteiger partial charge in [0.1, 0.15) is 0 Å². The fourth-order valence-electron chi connectivity index (χ4n) is 2.04. The van der Waals surface area contributed by atoms with Gasteiger partial charge in [0, 0.05) is 18.3 Å². The second-order valence-corrected chi connectivity index (χ2v) is 4.72. The summed E-state index contributed by atoms with van der Waals surface area (Å²) in [5.74, 6) is 2.26. The summed E-state index contributed by atoms with van der Waals surface area (Å²) in [6, 6.07) is 13.8. The minimum atomic E-state index is -0.637. The Labute approximate surface area is 134 Å². The predicted molar refractivity (Wildman–Crippen MR) is 89.6 cm³/mol. The Morgan fingerprint density at radius 3 is 2.61 bits per heavy atom. The number of amides is 2. The second kappa shape index (κ2) is 7.14. The van der Waals surface area contributed by atoms with Crippen LogP contribution in [0.1, 0.15) is 15.9 Å². The minimum Gasteiger partial charge on any atom is -0.453 e. The molecule has 0 fully saturated rings. The summed E-state index contributed by atoms with van der Waals surface area (Å²) in [5, 5.41) is 2.53. The molecule has 0 heterocycles. The molecular weight excluding hydrogens is 292 g/mol. The summed E-state index contributed by atoms with van der Waals surface area (Å²) in [4.78, 5) is 25.6. The number of ether oxygens (including phenoxy) is 1. The number of para-hydroxylation sites is 1. The number of terminal acetylenes is 1. The van der Waals surface area contributed by atoms with Crippen molar-refractivity contribution in [3.63, 3.8) is 0 Å². The SMILES string of the molecule is C#Cc1cccc(N(C)C(=O)c2ccccc2NC(=O)OC)c1. The molecule has 0 aliphatic rings. The van der Waals surface area contributed by atoms with E-state index in [1.165, 1.54) is 12.0 Å². The molecule has 2 rings (SSSR count). The first-order valence-electron chi connectivity index (χ1n) is 6.85. The monoisotopic (exact) mass is 308 g/mol. The number of hydrogen-bond acceptors (Lipinski definition) is 3. The highest BCUT2D eigenvalue weighted by Crippen LogP contribution is 2.21. The number of nitrogens with zero attached hydrogens (tertiary/aromatic N) is 1. The van der Waals surface area contributed by atoms with E-state index in [0.29, 0.717) is 22.5 Å². The molecule has 1 N–H and O–H groups in total. The van der Waals surface area contributed by atoms with Crippen molar-refractivity contribution in [3.8, 4) is 12.3 Å². The Hall–Kier alpha value is -3.26. The number of carbonyl (C=O) groups is 2. The van der Waals surface area contributed by atoms with Crippen LogP contribution in [0.3, 0.4) is 0 Å². The zero-order chi connectivity index (χ0) is 16.8. The van der Waals surface area contributed by atoms with Crippen molar-refractivity contribution in [2.45, 2.75) is 0 Å². The molecule has 0 atom stereocenters. The average Bonchev–Trinajstić information content (AvgIpc) is 2.60. The molecule has 0 unspecified atom stereocenters. The lowest BCUT2D eigenvalue weighted by atomic mass is 10.1. The van der Waals surface area contributed by atoms with Gasteiger partial charge in [0.25, 0.3) is 5.91 Å². The van der Waals surface area contributed by atoms with Crippen LogP contribution in [0.2, 0.25) is 0 Å². The lowest BCUT2D eigenvalue weighted by molar-refractivity contribution is 0.0994. The lowest BCUT2D eigenvalue weighted by Gasteiger charge is -2.19. The van der Waals surface area contributed by atoms with Gasteiger partial charge in [-0.3, -0.25) is 10.1 Å². The van der Waals surface area contributed by atoms with Gasteiger partial charge >= 0.3 is 6.09 Å². The molecule has 116 valence electrons. The Balaban J connectivity index is 2.33. The van der Waals surface area contributed by atoms with Gasteiger partial charge in [-0.25, -0.2) is 4.79 Å². The van der Waals surface area contributed by atoms with Crippen LogP contribution in [0.5, 0.6) is 0 Å². The molecule has 23 heavy (non-hydrogen) atoms. The Bertz CT molecular complexity index is 778. The maximum atomic E-state index is 12.7. The van der Waals surface area contributed by atoms with E-state index in [2.05, 4.69) is 16.0 Å². The van der Waals surface area contributed by atoms with Gasteiger partial charge in [0.05, 0.1) is 18.4 Å². The summed E-state index contributed by atoms with van der Waals surface area (Å²) >= 11 is 0. The number of methoxy groups -OCH3 is 1. The Morgan fingerprint density at radius 2 is 1.91 bits per heavy atom. The molecule has 0 saturated heterocycles. The summed E-state index contributed by atoms with van der Waals surface area (Å²) < 4.78 is 4.57. The highest BCUT2D eigenvalue weighted by molar-refractivity contribution is 6.10. The molecule has 0 bridgehead atoms. The molecule has 2 amide bonds. The third-order valence-corrected chi connectivity index (χ3v) is 3.28. The third-order valence-electron chi connectivity index (χ3n) is 3.28. The van der Waals surface area contributed by atoms with Gasteiger partial charge in [-0.1, -0.05) is 24.1 Å². The highest BCUT2D eigenvalue weighted by Gasteiger charge is 2.18. The molecule has 0 spiro atoms. The van der Waals surface area contributed by atoms with Crippen LogP contribution < -0.4 is 10.2 Å². The van der Waals surface area contributed by atoms with Crippen LogP contribution in [-0.2, 0) is 4.74 Å². The van der Waals surface area contributed by atoms with Gasteiger partial charge in [-0.2, -0.15) is 0 Å². The van der Waals surface area contributed by atoms with E-state index in [-0.39, 0.29) is 5.91 Å². The van der Waals surface area contributed by atoms with E-state index in [9.17, 15) is 9.59 Å². The first-order valence-corrected chi connectivity index (χ1v) is 6.85. The van der Waals surface area contributed by atoms with Crippen LogP contribution in [0, 0.1) is 12.3 Å². The number of rotatable bonds is 3. The van der Waals surface area contributed by atoms with E-state index < -0.39 is 6.09 Å².